The number of benzene rings is 1. The Hall–Kier alpha value is -3.61. The van der Waals surface area contributed by atoms with Crippen LogP contribution in [0.2, 0.25) is 0 Å². The summed E-state index contributed by atoms with van der Waals surface area (Å²) in [5, 5.41) is 26.6. The maximum absolute atomic E-state index is 14.2. The Morgan fingerprint density at radius 3 is 2.53 bits per heavy atom. The van der Waals surface area contributed by atoms with E-state index in [1.54, 1.807) is 19.9 Å². The first kappa shape index (κ1) is 27.4. The molecule has 12 heteroatoms. The van der Waals surface area contributed by atoms with Crippen LogP contribution in [-0.4, -0.2) is 72.0 Å². The van der Waals surface area contributed by atoms with Gasteiger partial charge in [0.05, 0.1) is 36.7 Å². The van der Waals surface area contributed by atoms with E-state index in [9.17, 15) is 29.6 Å². The van der Waals surface area contributed by atoms with E-state index in [-0.39, 0.29) is 35.4 Å². The number of hydrogen-bond acceptors (Lipinski definition) is 11. The molecule has 1 unspecified atom stereocenters. The van der Waals surface area contributed by atoms with E-state index in [2.05, 4.69) is 5.32 Å². The minimum Gasteiger partial charge on any atom is -0.466 e. The first-order valence-electron chi connectivity index (χ1n) is 12.2. The van der Waals surface area contributed by atoms with E-state index in [4.69, 9.17) is 18.9 Å². The number of nitro benzene ring substituents is 1. The van der Waals surface area contributed by atoms with Crippen LogP contribution in [0.4, 0.5) is 5.69 Å². The van der Waals surface area contributed by atoms with Crippen LogP contribution in [0.5, 0.6) is 0 Å². The monoisotopic (exact) mass is 530 g/mol. The number of hydrogen-bond donors (Lipinski definition) is 2. The molecule has 0 bridgehead atoms. The maximum Gasteiger partial charge on any atom is 0.336 e. The molecular formula is C26H30N2O10. The predicted octanol–water partition coefficient (Wildman–Crippen LogP) is 1.81. The minimum absolute atomic E-state index is 0.00599. The summed E-state index contributed by atoms with van der Waals surface area (Å²) in [6, 6.07) is 5.77. The Kier molecular flexibility index (Phi) is 7.68. The van der Waals surface area contributed by atoms with Gasteiger partial charge in [-0.1, -0.05) is 25.1 Å². The molecule has 0 aromatic heterocycles. The van der Waals surface area contributed by atoms with E-state index < -0.39 is 59.1 Å². The van der Waals surface area contributed by atoms with Gasteiger partial charge in [0, 0.05) is 35.0 Å². The maximum atomic E-state index is 14.2. The van der Waals surface area contributed by atoms with Crippen LogP contribution >= 0.6 is 0 Å². The number of nitro groups is 1. The van der Waals surface area contributed by atoms with Gasteiger partial charge in [0.15, 0.2) is 17.5 Å². The number of para-hydroxylation sites is 1. The second kappa shape index (κ2) is 10.6. The van der Waals surface area contributed by atoms with Crippen molar-refractivity contribution in [2.45, 2.75) is 63.4 Å². The highest BCUT2D eigenvalue weighted by molar-refractivity contribution is 6.08. The number of Topliss-reactive ketones (excluding diaryl/α,β-unsaturated/α-hetero) is 1. The molecule has 38 heavy (non-hydrogen) atoms. The molecule has 0 saturated carbocycles. The quantitative estimate of drug-likeness (QED) is 0.286. The largest absolute Gasteiger partial charge is 0.466 e. The molecule has 4 rings (SSSR count). The van der Waals surface area contributed by atoms with Gasteiger partial charge in [0.2, 0.25) is 0 Å². The molecule has 0 spiro atoms. The molecule has 1 aromatic rings. The number of methoxy groups -OCH3 is 1. The van der Waals surface area contributed by atoms with Gasteiger partial charge < -0.3 is 29.4 Å². The zero-order chi connectivity index (χ0) is 27.8. The molecule has 0 radical (unpaired) electrons. The molecule has 2 N–H and O–H groups in total. The molecule has 2 saturated heterocycles. The van der Waals surface area contributed by atoms with E-state index in [1.165, 1.54) is 25.3 Å². The van der Waals surface area contributed by atoms with Gasteiger partial charge in [-0.2, -0.15) is 0 Å². The summed E-state index contributed by atoms with van der Waals surface area (Å²) in [6.07, 6.45) is -2.06. The number of nitrogens with one attached hydrogen (secondary N) is 1. The average molecular weight is 531 g/mol. The number of rotatable bonds is 8. The highest BCUT2D eigenvalue weighted by atomic mass is 16.6. The molecular weight excluding hydrogens is 500 g/mol. The fourth-order valence-electron chi connectivity index (χ4n) is 5.34. The van der Waals surface area contributed by atoms with Crippen LogP contribution in [0.3, 0.4) is 0 Å². The van der Waals surface area contributed by atoms with Crippen LogP contribution in [0, 0.1) is 10.1 Å². The summed E-state index contributed by atoms with van der Waals surface area (Å²) in [5.41, 5.74) is -1.85. The van der Waals surface area contributed by atoms with Crippen LogP contribution in [0.1, 0.15) is 45.1 Å². The molecule has 12 nitrogen and oxygen atoms in total. The summed E-state index contributed by atoms with van der Waals surface area (Å²) in [6.45, 7) is 4.47. The number of fused-ring (bicyclic) bond motifs is 1. The third kappa shape index (κ3) is 4.59. The average Bonchev–Trinajstić information content (AvgIpc) is 3.44. The van der Waals surface area contributed by atoms with Gasteiger partial charge in [-0.15, -0.1) is 0 Å². The number of aliphatic hydroxyl groups is 1. The van der Waals surface area contributed by atoms with Gasteiger partial charge in [-0.3, -0.25) is 19.7 Å². The Morgan fingerprint density at radius 1 is 1.18 bits per heavy atom. The lowest BCUT2D eigenvalue weighted by Crippen LogP contribution is -2.53. The van der Waals surface area contributed by atoms with Gasteiger partial charge in [-0.25, -0.2) is 4.79 Å². The second-order valence-corrected chi connectivity index (χ2v) is 9.50. The molecule has 0 amide bonds. The summed E-state index contributed by atoms with van der Waals surface area (Å²) >= 11 is 0. The number of ketones is 1. The van der Waals surface area contributed by atoms with Crippen LogP contribution < -0.4 is 5.32 Å². The molecule has 3 aliphatic rings. The van der Waals surface area contributed by atoms with Crippen molar-refractivity contribution in [1.29, 1.82) is 0 Å². The number of nitrogens with zero attached hydrogens (tertiary/aromatic N) is 1. The fourth-order valence-corrected chi connectivity index (χ4v) is 5.34. The Bertz CT molecular complexity index is 1240. The van der Waals surface area contributed by atoms with E-state index >= 15 is 0 Å². The first-order chi connectivity index (χ1) is 18.0. The van der Waals surface area contributed by atoms with Crippen LogP contribution in [0.15, 0.2) is 46.8 Å². The van der Waals surface area contributed by atoms with Gasteiger partial charge >= 0.3 is 11.9 Å². The van der Waals surface area contributed by atoms with Gasteiger partial charge in [-0.05, 0) is 20.3 Å². The molecule has 3 aliphatic heterocycles. The van der Waals surface area contributed by atoms with Gasteiger partial charge in [0.1, 0.15) is 12.2 Å². The molecule has 3 heterocycles. The van der Waals surface area contributed by atoms with Crippen molar-refractivity contribution in [3.8, 4) is 0 Å². The predicted molar refractivity (Wildman–Crippen MR) is 131 cm³/mol. The third-order valence-corrected chi connectivity index (χ3v) is 7.06. The highest BCUT2D eigenvalue weighted by Gasteiger charge is 2.62. The molecule has 2 fully saturated rings. The Labute approximate surface area is 218 Å². The van der Waals surface area contributed by atoms with Crippen molar-refractivity contribution in [3.05, 3.63) is 62.5 Å². The van der Waals surface area contributed by atoms with Crippen molar-refractivity contribution in [2.24, 2.45) is 0 Å². The lowest BCUT2D eigenvalue weighted by atomic mass is 9.74. The third-order valence-electron chi connectivity index (χ3n) is 7.06. The smallest absolute Gasteiger partial charge is 0.336 e. The minimum atomic E-state index is -2.21. The topological polar surface area (TPSA) is 164 Å². The zero-order valence-corrected chi connectivity index (χ0v) is 21.5. The normalized spacial score (nSPS) is 28.6. The summed E-state index contributed by atoms with van der Waals surface area (Å²) in [5.74, 6) is -3.28. The van der Waals surface area contributed by atoms with Crippen molar-refractivity contribution in [3.63, 3.8) is 0 Å². The van der Waals surface area contributed by atoms with E-state index in [0.29, 0.717) is 17.8 Å². The van der Waals surface area contributed by atoms with Gasteiger partial charge in [0.25, 0.3) is 5.69 Å². The van der Waals surface area contributed by atoms with E-state index in [1.807, 2.05) is 6.92 Å². The lowest BCUT2D eigenvalue weighted by molar-refractivity contribution is -0.385. The number of ether oxygens (including phenoxy) is 4. The second-order valence-electron chi connectivity index (χ2n) is 9.50. The van der Waals surface area contributed by atoms with E-state index in [0.717, 1.165) is 0 Å². The Morgan fingerprint density at radius 2 is 1.87 bits per heavy atom. The first-order valence-corrected chi connectivity index (χ1v) is 12.2. The molecule has 0 aliphatic carbocycles. The van der Waals surface area contributed by atoms with Crippen LogP contribution in [0.25, 0.3) is 0 Å². The number of carbonyl (C=O) groups is 3. The number of carbonyl (C=O) groups excluding carboxylic acids is 3. The molecule has 204 valence electrons. The van der Waals surface area contributed by atoms with Crippen LogP contribution in [-0.2, 0) is 33.3 Å². The number of esters is 2. The summed E-state index contributed by atoms with van der Waals surface area (Å²) in [7, 11) is 1.17. The Balaban J connectivity index is 1.76. The van der Waals surface area contributed by atoms with Crippen molar-refractivity contribution < 1.29 is 43.4 Å². The summed E-state index contributed by atoms with van der Waals surface area (Å²) in [4.78, 5) is 50.4. The number of dihydropyridines is 1. The lowest BCUT2D eigenvalue weighted by Gasteiger charge is -2.34. The van der Waals surface area contributed by atoms with Crippen molar-refractivity contribution >= 4 is 23.4 Å². The van der Waals surface area contributed by atoms with Crippen molar-refractivity contribution in [1.82, 2.24) is 5.32 Å². The standard InChI is InChI=1S/C26H30N2O10/c1-5-8-18(29)38-17-11-36-24-22(17)37-12-26(24,32)23(30)19-13(2)27-14(3)20(25(31)35-4)21(19)15-9-6-7-10-16(15)28(33)34/h6-7,9-10,17,21-22,24,27,32H,5,8,11-12H2,1-4H3/t17-,21?,22+,24-,26-/m0/s1. The SMILES string of the molecule is CCCC(=O)O[C@H]1CO[C@H]2[C@@H]1OC[C@]2(O)C(=O)C1=C(C)NC(C)=C(C(=O)OC)C1c1ccccc1[N+](=O)[O-]. The molecule has 1 aromatic carbocycles. The molecule has 5 atom stereocenters. The van der Waals surface area contributed by atoms with Crippen molar-refractivity contribution in [2.75, 3.05) is 20.3 Å². The highest BCUT2D eigenvalue weighted by Crippen LogP contribution is 2.46. The zero-order valence-electron chi connectivity index (χ0n) is 21.5. The summed E-state index contributed by atoms with van der Waals surface area (Å²) < 4.78 is 21.8. The number of allylic oxidation sites excluding steroid dienone is 2. The fraction of sp³-hybridized carbons (Fsp3) is 0.500.